The second kappa shape index (κ2) is 4.68. The lowest BCUT2D eigenvalue weighted by Gasteiger charge is -2.21. The van der Waals surface area contributed by atoms with Crippen LogP contribution in [0.2, 0.25) is 0 Å². The van der Waals surface area contributed by atoms with Gasteiger partial charge in [0.15, 0.2) is 0 Å². The van der Waals surface area contributed by atoms with Crippen molar-refractivity contribution < 1.29 is 9.18 Å². The summed E-state index contributed by atoms with van der Waals surface area (Å²) < 4.78 is 14.0. The zero-order valence-corrected chi connectivity index (χ0v) is 11.8. The van der Waals surface area contributed by atoms with Crippen molar-refractivity contribution in [3.63, 3.8) is 0 Å². The molecule has 3 rings (SSSR count). The van der Waals surface area contributed by atoms with Crippen molar-refractivity contribution in [3.05, 3.63) is 18.0 Å². The van der Waals surface area contributed by atoms with Crippen molar-refractivity contribution in [2.24, 2.45) is 11.8 Å². The van der Waals surface area contributed by atoms with Crippen LogP contribution in [0.1, 0.15) is 19.5 Å². The highest BCUT2D eigenvalue weighted by Gasteiger charge is 2.40. The van der Waals surface area contributed by atoms with Crippen LogP contribution >= 0.6 is 0 Å². The molecular formula is C14H19FN4O. The minimum atomic E-state index is -1.46. The van der Waals surface area contributed by atoms with Crippen molar-refractivity contribution in [1.29, 1.82) is 0 Å². The second-order valence-corrected chi connectivity index (χ2v) is 6.20. The van der Waals surface area contributed by atoms with Gasteiger partial charge in [0.25, 0.3) is 0 Å². The van der Waals surface area contributed by atoms with Gasteiger partial charge in [0, 0.05) is 44.2 Å². The number of nitrogens with zero attached hydrogens (tertiary/aromatic N) is 4. The summed E-state index contributed by atoms with van der Waals surface area (Å²) in [5.74, 6) is 1.55. The van der Waals surface area contributed by atoms with E-state index in [2.05, 4.69) is 14.9 Å². The SMILES string of the molecule is CC(C)(F)c1ccnc(N2C[C@H]3CN(C=O)C[C@H]3C2)n1. The van der Waals surface area contributed by atoms with Gasteiger partial charge in [0.2, 0.25) is 12.4 Å². The lowest BCUT2D eigenvalue weighted by atomic mass is 10.0. The molecule has 2 saturated heterocycles. The van der Waals surface area contributed by atoms with Crippen LogP contribution in [0.15, 0.2) is 12.3 Å². The number of carbonyl (C=O) groups excluding carboxylic acids is 1. The van der Waals surface area contributed by atoms with Crippen molar-refractivity contribution >= 4 is 12.4 Å². The Labute approximate surface area is 117 Å². The molecule has 2 aliphatic heterocycles. The second-order valence-electron chi connectivity index (χ2n) is 6.20. The molecule has 1 aromatic heterocycles. The van der Waals surface area contributed by atoms with Crippen molar-refractivity contribution in [3.8, 4) is 0 Å². The first-order valence-corrected chi connectivity index (χ1v) is 6.94. The number of likely N-dealkylation sites (tertiary alicyclic amines) is 1. The first-order chi connectivity index (χ1) is 9.47. The Kier molecular flexibility index (Phi) is 3.11. The molecule has 3 heterocycles. The molecule has 0 radical (unpaired) electrons. The molecule has 0 saturated carbocycles. The smallest absolute Gasteiger partial charge is 0.225 e. The summed E-state index contributed by atoms with van der Waals surface area (Å²) in [6.07, 6.45) is 2.54. The lowest BCUT2D eigenvalue weighted by molar-refractivity contribution is -0.117. The summed E-state index contributed by atoms with van der Waals surface area (Å²) in [6, 6.07) is 1.62. The Bertz CT molecular complexity index is 502. The molecular weight excluding hydrogens is 259 g/mol. The fourth-order valence-electron chi connectivity index (χ4n) is 3.11. The van der Waals surface area contributed by atoms with Crippen molar-refractivity contribution in [2.45, 2.75) is 19.5 Å². The summed E-state index contributed by atoms with van der Waals surface area (Å²) in [5, 5.41) is 0. The minimum absolute atomic E-state index is 0.411. The van der Waals surface area contributed by atoms with Gasteiger partial charge in [0.05, 0.1) is 5.69 Å². The molecule has 2 fully saturated rings. The van der Waals surface area contributed by atoms with Gasteiger partial charge in [-0.2, -0.15) is 0 Å². The van der Waals surface area contributed by atoms with E-state index in [9.17, 15) is 9.18 Å². The highest BCUT2D eigenvalue weighted by molar-refractivity contribution is 5.48. The molecule has 0 spiro atoms. The Morgan fingerprint density at radius 3 is 2.50 bits per heavy atom. The molecule has 2 atom stereocenters. The van der Waals surface area contributed by atoms with Crippen molar-refractivity contribution in [2.75, 3.05) is 31.1 Å². The Morgan fingerprint density at radius 1 is 1.30 bits per heavy atom. The van der Waals surface area contributed by atoms with Crippen LogP contribution in [0.5, 0.6) is 0 Å². The third-order valence-electron chi connectivity index (χ3n) is 4.20. The molecule has 5 nitrogen and oxygen atoms in total. The zero-order chi connectivity index (χ0) is 14.3. The van der Waals surface area contributed by atoms with Gasteiger partial charge >= 0.3 is 0 Å². The van der Waals surface area contributed by atoms with E-state index in [0.717, 1.165) is 32.6 Å². The molecule has 6 heteroatoms. The number of aromatic nitrogens is 2. The normalized spacial score (nSPS) is 25.9. The van der Waals surface area contributed by atoms with Crippen LogP contribution in [0.3, 0.4) is 0 Å². The predicted molar refractivity (Wildman–Crippen MR) is 73.0 cm³/mol. The van der Waals surface area contributed by atoms with E-state index in [1.807, 2.05) is 4.90 Å². The molecule has 1 aromatic rings. The summed E-state index contributed by atoms with van der Waals surface area (Å²) in [4.78, 5) is 23.3. The largest absolute Gasteiger partial charge is 0.345 e. The standard InChI is InChI=1S/C14H19FN4O/c1-14(2,15)12-3-4-16-13(17-12)19-7-10-5-18(9-20)6-11(10)8-19/h3-4,9-11H,5-8H2,1-2H3/t10-,11+. The van der Waals surface area contributed by atoms with E-state index >= 15 is 0 Å². The van der Waals surface area contributed by atoms with Crippen LogP contribution in [-0.2, 0) is 10.5 Å². The van der Waals surface area contributed by atoms with Gasteiger partial charge in [-0.25, -0.2) is 14.4 Å². The third kappa shape index (κ3) is 2.34. The molecule has 20 heavy (non-hydrogen) atoms. The summed E-state index contributed by atoms with van der Waals surface area (Å²) in [7, 11) is 0. The molecule has 2 aliphatic rings. The van der Waals surface area contributed by atoms with Gasteiger partial charge in [-0.3, -0.25) is 4.79 Å². The predicted octanol–water partition coefficient (Wildman–Crippen LogP) is 1.21. The molecule has 0 unspecified atom stereocenters. The molecule has 0 aromatic carbocycles. The molecule has 1 amide bonds. The van der Waals surface area contributed by atoms with Gasteiger partial charge in [-0.1, -0.05) is 0 Å². The van der Waals surface area contributed by atoms with Gasteiger partial charge in [0.1, 0.15) is 5.67 Å². The number of alkyl halides is 1. The highest BCUT2D eigenvalue weighted by Crippen LogP contribution is 2.32. The number of hydrogen-bond acceptors (Lipinski definition) is 4. The van der Waals surface area contributed by atoms with Gasteiger partial charge in [-0.05, 0) is 19.9 Å². The van der Waals surface area contributed by atoms with E-state index in [1.54, 1.807) is 12.3 Å². The number of halogens is 1. The Hall–Kier alpha value is -1.72. The maximum absolute atomic E-state index is 14.0. The zero-order valence-electron chi connectivity index (χ0n) is 11.8. The first kappa shape index (κ1) is 13.3. The van der Waals surface area contributed by atoms with Crippen molar-refractivity contribution in [1.82, 2.24) is 14.9 Å². The van der Waals surface area contributed by atoms with E-state index < -0.39 is 5.67 Å². The van der Waals surface area contributed by atoms with E-state index in [-0.39, 0.29) is 0 Å². The summed E-state index contributed by atoms with van der Waals surface area (Å²) in [6.45, 7) is 6.29. The number of rotatable bonds is 3. The van der Waals surface area contributed by atoms with E-state index in [0.29, 0.717) is 23.5 Å². The molecule has 0 bridgehead atoms. The number of carbonyl (C=O) groups is 1. The van der Waals surface area contributed by atoms with Crippen LogP contribution in [0, 0.1) is 11.8 Å². The maximum Gasteiger partial charge on any atom is 0.225 e. The van der Waals surface area contributed by atoms with Crippen LogP contribution in [-0.4, -0.2) is 47.5 Å². The Balaban J connectivity index is 1.75. The molecule has 0 aliphatic carbocycles. The lowest BCUT2D eigenvalue weighted by Crippen LogP contribution is -2.29. The Morgan fingerprint density at radius 2 is 1.95 bits per heavy atom. The first-order valence-electron chi connectivity index (χ1n) is 6.94. The topological polar surface area (TPSA) is 49.3 Å². The van der Waals surface area contributed by atoms with Crippen LogP contribution < -0.4 is 4.90 Å². The quantitative estimate of drug-likeness (QED) is 0.780. The fraction of sp³-hybridized carbons (Fsp3) is 0.643. The van der Waals surface area contributed by atoms with Gasteiger partial charge in [-0.15, -0.1) is 0 Å². The third-order valence-corrected chi connectivity index (χ3v) is 4.20. The maximum atomic E-state index is 14.0. The van der Waals surface area contributed by atoms with E-state index in [1.165, 1.54) is 13.8 Å². The number of hydrogen-bond donors (Lipinski definition) is 0. The molecule has 0 N–H and O–H groups in total. The number of fused-ring (bicyclic) bond motifs is 1. The highest BCUT2D eigenvalue weighted by atomic mass is 19.1. The fourth-order valence-corrected chi connectivity index (χ4v) is 3.11. The summed E-state index contributed by atoms with van der Waals surface area (Å²) in [5.41, 5.74) is -1.05. The average molecular weight is 278 g/mol. The summed E-state index contributed by atoms with van der Waals surface area (Å²) >= 11 is 0. The number of amides is 1. The average Bonchev–Trinajstić information content (AvgIpc) is 2.95. The van der Waals surface area contributed by atoms with Gasteiger partial charge < -0.3 is 9.80 Å². The minimum Gasteiger partial charge on any atom is -0.345 e. The molecule has 108 valence electrons. The van der Waals surface area contributed by atoms with Crippen LogP contribution in [0.4, 0.5) is 10.3 Å². The van der Waals surface area contributed by atoms with E-state index in [4.69, 9.17) is 0 Å². The van der Waals surface area contributed by atoms with Crippen LogP contribution in [0.25, 0.3) is 0 Å². The monoisotopic (exact) mass is 278 g/mol. The number of anilines is 1.